The maximum atomic E-state index is 12.7. The van der Waals surface area contributed by atoms with E-state index in [-0.39, 0.29) is 17.2 Å². The number of carbonyl (C=O) groups excluding carboxylic acids is 1. The fourth-order valence-corrected chi connectivity index (χ4v) is 4.17. The molecule has 1 N–H and O–H groups in total. The van der Waals surface area contributed by atoms with Gasteiger partial charge in [-0.05, 0) is 48.1 Å². The lowest BCUT2D eigenvalue weighted by molar-refractivity contribution is -0.126. The molecule has 1 fully saturated rings. The molecule has 4 nitrogen and oxygen atoms in total. The predicted molar refractivity (Wildman–Crippen MR) is 123 cm³/mol. The zero-order chi connectivity index (χ0) is 21.6. The number of hydrogen-bond acceptors (Lipinski definition) is 3. The van der Waals surface area contributed by atoms with E-state index in [1.807, 2.05) is 36.4 Å². The molecule has 2 aromatic carbocycles. The van der Waals surface area contributed by atoms with Crippen LogP contribution in [0.4, 0.5) is 0 Å². The molecule has 0 radical (unpaired) electrons. The minimum Gasteiger partial charge on any atom is -0.491 e. The highest BCUT2D eigenvalue weighted by Gasteiger charge is 2.26. The molecule has 0 spiro atoms. The molecule has 3 rings (SSSR count). The number of para-hydroxylation sites is 1. The number of piperidine rings is 1. The Morgan fingerprint density at radius 1 is 1.17 bits per heavy atom. The van der Waals surface area contributed by atoms with Gasteiger partial charge in [0, 0.05) is 18.1 Å². The molecule has 0 bridgehead atoms. The van der Waals surface area contributed by atoms with E-state index in [1.54, 1.807) is 0 Å². The third-order valence-corrected chi connectivity index (χ3v) is 5.95. The first kappa shape index (κ1) is 22.6. The SMILES string of the molecule is CC(C)(C)c1ccccc1OCCNC(=O)[C@H]1CCCN(Cc2ccccc2Cl)C1. The van der Waals surface area contributed by atoms with Gasteiger partial charge in [0.1, 0.15) is 12.4 Å². The molecule has 162 valence electrons. The first-order valence-corrected chi connectivity index (χ1v) is 11.2. The summed E-state index contributed by atoms with van der Waals surface area (Å²) < 4.78 is 5.97. The summed E-state index contributed by atoms with van der Waals surface area (Å²) in [6.07, 6.45) is 1.95. The summed E-state index contributed by atoms with van der Waals surface area (Å²) >= 11 is 6.30. The fraction of sp³-hybridized carbons (Fsp3) is 0.480. The van der Waals surface area contributed by atoms with Crippen LogP contribution >= 0.6 is 11.6 Å². The van der Waals surface area contributed by atoms with Crippen LogP contribution in [0.25, 0.3) is 0 Å². The predicted octanol–water partition coefficient (Wildman–Crippen LogP) is 5.04. The molecule has 1 atom stereocenters. The second-order valence-electron chi connectivity index (χ2n) is 9.05. The molecule has 2 aromatic rings. The first-order valence-electron chi connectivity index (χ1n) is 10.8. The van der Waals surface area contributed by atoms with Crippen LogP contribution in [0.2, 0.25) is 5.02 Å². The Hall–Kier alpha value is -2.04. The van der Waals surface area contributed by atoms with Gasteiger partial charge < -0.3 is 10.1 Å². The molecule has 5 heteroatoms. The summed E-state index contributed by atoms with van der Waals surface area (Å²) in [7, 11) is 0. The highest BCUT2D eigenvalue weighted by Crippen LogP contribution is 2.30. The smallest absolute Gasteiger partial charge is 0.224 e. The number of likely N-dealkylation sites (tertiary alicyclic amines) is 1. The molecule has 1 aliphatic rings. The van der Waals surface area contributed by atoms with Gasteiger partial charge in [-0.15, -0.1) is 0 Å². The Morgan fingerprint density at radius 2 is 1.90 bits per heavy atom. The molecule has 1 aliphatic heterocycles. The third-order valence-electron chi connectivity index (χ3n) is 5.58. The molecule has 1 saturated heterocycles. The van der Waals surface area contributed by atoms with E-state index in [9.17, 15) is 4.79 Å². The van der Waals surface area contributed by atoms with Crippen LogP contribution in [-0.4, -0.2) is 37.0 Å². The molecule has 0 aliphatic carbocycles. The molecular weight excluding hydrogens is 396 g/mol. The van der Waals surface area contributed by atoms with Gasteiger partial charge in [-0.1, -0.05) is 68.8 Å². The Labute approximate surface area is 185 Å². The lowest BCUT2D eigenvalue weighted by Crippen LogP contribution is -2.43. The van der Waals surface area contributed by atoms with Crippen LogP contribution in [0.5, 0.6) is 5.75 Å². The van der Waals surface area contributed by atoms with Crippen molar-refractivity contribution < 1.29 is 9.53 Å². The summed E-state index contributed by atoms with van der Waals surface area (Å²) in [5, 5.41) is 3.85. The second kappa shape index (κ2) is 10.3. The van der Waals surface area contributed by atoms with Crippen LogP contribution in [0.15, 0.2) is 48.5 Å². The molecule has 1 heterocycles. The maximum Gasteiger partial charge on any atom is 0.224 e. The van der Waals surface area contributed by atoms with Crippen LogP contribution in [0.3, 0.4) is 0 Å². The van der Waals surface area contributed by atoms with Gasteiger partial charge in [0.05, 0.1) is 12.5 Å². The number of benzene rings is 2. The van der Waals surface area contributed by atoms with E-state index in [0.29, 0.717) is 13.2 Å². The highest BCUT2D eigenvalue weighted by molar-refractivity contribution is 6.31. The minimum atomic E-state index is 0.0168. The minimum absolute atomic E-state index is 0.0168. The van der Waals surface area contributed by atoms with Crippen LogP contribution in [0, 0.1) is 5.92 Å². The third kappa shape index (κ3) is 6.23. The number of nitrogens with one attached hydrogen (secondary N) is 1. The number of halogens is 1. The van der Waals surface area contributed by atoms with Gasteiger partial charge in [-0.25, -0.2) is 0 Å². The van der Waals surface area contributed by atoms with Gasteiger partial charge in [0.15, 0.2) is 0 Å². The monoisotopic (exact) mass is 428 g/mol. The van der Waals surface area contributed by atoms with E-state index in [2.05, 4.69) is 43.1 Å². The summed E-state index contributed by atoms with van der Waals surface area (Å²) in [5.74, 6) is 1.03. The Morgan fingerprint density at radius 3 is 2.67 bits per heavy atom. The number of carbonyl (C=O) groups is 1. The number of nitrogens with zero attached hydrogens (tertiary/aromatic N) is 1. The molecule has 1 amide bonds. The van der Waals surface area contributed by atoms with Crippen molar-refractivity contribution in [3.8, 4) is 5.75 Å². The van der Waals surface area contributed by atoms with Crippen molar-refractivity contribution in [3.05, 3.63) is 64.7 Å². The fourth-order valence-electron chi connectivity index (χ4n) is 3.97. The highest BCUT2D eigenvalue weighted by atomic mass is 35.5. The van der Waals surface area contributed by atoms with Crippen LogP contribution in [0.1, 0.15) is 44.7 Å². The van der Waals surface area contributed by atoms with Crippen molar-refractivity contribution in [1.29, 1.82) is 0 Å². The van der Waals surface area contributed by atoms with Crippen molar-refractivity contribution in [2.24, 2.45) is 5.92 Å². The molecule has 0 aromatic heterocycles. The molecule has 30 heavy (non-hydrogen) atoms. The normalized spacial score (nSPS) is 17.5. The summed E-state index contributed by atoms with van der Waals surface area (Å²) in [6.45, 7) is 10.1. The lowest BCUT2D eigenvalue weighted by atomic mass is 9.86. The van der Waals surface area contributed by atoms with Gasteiger partial charge in [0.2, 0.25) is 5.91 Å². The van der Waals surface area contributed by atoms with Gasteiger partial charge in [0.25, 0.3) is 0 Å². The van der Waals surface area contributed by atoms with Gasteiger partial charge in [-0.2, -0.15) is 0 Å². The van der Waals surface area contributed by atoms with Crippen LogP contribution < -0.4 is 10.1 Å². The molecule has 0 unspecified atom stereocenters. The average molecular weight is 429 g/mol. The quantitative estimate of drug-likeness (QED) is 0.628. The van der Waals surface area contributed by atoms with Crippen molar-refractivity contribution in [2.45, 2.75) is 45.6 Å². The number of amides is 1. The first-order chi connectivity index (χ1) is 14.3. The van der Waals surface area contributed by atoms with E-state index in [1.165, 1.54) is 5.56 Å². The largest absolute Gasteiger partial charge is 0.491 e. The topological polar surface area (TPSA) is 41.6 Å². The van der Waals surface area contributed by atoms with E-state index in [4.69, 9.17) is 16.3 Å². The van der Waals surface area contributed by atoms with Gasteiger partial charge >= 0.3 is 0 Å². The second-order valence-corrected chi connectivity index (χ2v) is 9.46. The Kier molecular flexibility index (Phi) is 7.79. The number of rotatable bonds is 7. The van der Waals surface area contributed by atoms with Crippen molar-refractivity contribution in [3.63, 3.8) is 0 Å². The van der Waals surface area contributed by atoms with Crippen molar-refractivity contribution >= 4 is 17.5 Å². The standard InChI is InChI=1S/C25H33ClN2O2/c1-25(2,3)21-11-5-7-13-23(21)30-16-14-27-24(29)20-10-8-15-28(18-20)17-19-9-4-6-12-22(19)26/h4-7,9,11-13,20H,8,10,14-18H2,1-3H3,(H,27,29)/t20-/m0/s1. The zero-order valence-corrected chi connectivity index (χ0v) is 19.0. The Balaban J connectivity index is 1.46. The lowest BCUT2D eigenvalue weighted by Gasteiger charge is -2.32. The molecule has 0 saturated carbocycles. The average Bonchev–Trinajstić information content (AvgIpc) is 2.72. The van der Waals surface area contributed by atoms with E-state index < -0.39 is 0 Å². The van der Waals surface area contributed by atoms with E-state index >= 15 is 0 Å². The Bertz CT molecular complexity index is 847. The summed E-state index contributed by atoms with van der Waals surface area (Å²) in [6, 6.07) is 16.0. The van der Waals surface area contributed by atoms with E-state index in [0.717, 1.165) is 48.8 Å². The molecular formula is C25H33ClN2O2. The summed E-state index contributed by atoms with van der Waals surface area (Å²) in [5.41, 5.74) is 2.32. The maximum absolute atomic E-state index is 12.7. The number of ether oxygens (including phenoxy) is 1. The van der Waals surface area contributed by atoms with Crippen molar-refractivity contribution in [2.75, 3.05) is 26.2 Å². The van der Waals surface area contributed by atoms with Crippen LogP contribution in [-0.2, 0) is 16.8 Å². The summed E-state index contributed by atoms with van der Waals surface area (Å²) in [4.78, 5) is 15.0. The van der Waals surface area contributed by atoms with Crippen molar-refractivity contribution in [1.82, 2.24) is 10.2 Å². The zero-order valence-electron chi connectivity index (χ0n) is 18.3. The number of hydrogen-bond donors (Lipinski definition) is 1. The van der Waals surface area contributed by atoms with Gasteiger partial charge in [-0.3, -0.25) is 9.69 Å².